The fourth-order valence-corrected chi connectivity index (χ4v) is 0.170. The Morgan fingerprint density at radius 2 is 2.33 bits per heavy atom. The first-order valence-electron chi connectivity index (χ1n) is 1.31. The second-order valence-electron chi connectivity index (χ2n) is 0.667. The van der Waals surface area contributed by atoms with Crippen LogP contribution in [-0.2, 0) is 4.84 Å². The Balaban J connectivity index is 0.000000250. The summed E-state index contributed by atoms with van der Waals surface area (Å²) in [5, 5.41) is 0. The smallest absolute Gasteiger partial charge is 0.130 e. The summed E-state index contributed by atoms with van der Waals surface area (Å²) in [7, 11) is 0. The molecule has 1 heterocycles. The molecule has 0 amide bonds. The lowest BCUT2D eigenvalue weighted by molar-refractivity contribution is 0.137. The van der Waals surface area contributed by atoms with Crippen LogP contribution in [0.25, 0.3) is 0 Å². The van der Waals surface area contributed by atoms with E-state index < -0.39 is 0 Å². The number of halogens is 1. The second-order valence-corrected chi connectivity index (χ2v) is 0.667. The van der Waals surface area contributed by atoms with E-state index in [-0.39, 0.29) is 17.0 Å². The topological polar surface area (TPSA) is 33.3 Å². The van der Waals surface area contributed by atoms with Gasteiger partial charge in [-0.3, -0.25) is 5.43 Å². The van der Waals surface area contributed by atoms with Gasteiger partial charge in [-0.15, -0.1) is 17.0 Å². The van der Waals surface area contributed by atoms with E-state index in [9.17, 15) is 0 Å². The predicted octanol–water partition coefficient (Wildman–Crippen LogP) is 0.0749. The molecule has 0 saturated heterocycles. The Morgan fingerprint density at radius 3 is 2.50 bits per heavy atom. The molecule has 0 spiro atoms. The standard InChI is InChI=1S/C2H4N2O.BrH/c1-2-5-4-3-1;/h1-4H;1H. The van der Waals surface area contributed by atoms with Crippen molar-refractivity contribution in [2.75, 3.05) is 0 Å². The highest BCUT2D eigenvalue weighted by Gasteiger charge is 1.77. The Kier molecular flexibility index (Phi) is 2.88. The number of rotatable bonds is 0. The lowest BCUT2D eigenvalue weighted by atomic mass is 11.0. The van der Waals surface area contributed by atoms with Crippen LogP contribution in [-0.4, -0.2) is 0 Å². The van der Waals surface area contributed by atoms with E-state index in [0.29, 0.717) is 0 Å². The minimum absolute atomic E-state index is 0. The molecule has 0 saturated carbocycles. The van der Waals surface area contributed by atoms with Crippen molar-refractivity contribution in [3.63, 3.8) is 0 Å². The third kappa shape index (κ3) is 1.28. The third-order valence-corrected chi connectivity index (χ3v) is 0.337. The molecule has 0 bridgehead atoms. The third-order valence-electron chi connectivity index (χ3n) is 0.337. The van der Waals surface area contributed by atoms with Crippen LogP contribution >= 0.6 is 17.0 Å². The minimum atomic E-state index is 0. The van der Waals surface area contributed by atoms with Crippen LogP contribution in [0.5, 0.6) is 0 Å². The lowest BCUT2D eigenvalue weighted by Crippen LogP contribution is -2.17. The van der Waals surface area contributed by atoms with E-state index in [0.717, 1.165) is 0 Å². The molecule has 6 heavy (non-hydrogen) atoms. The molecule has 0 fully saturated rings. The first kappa shape index (κ1) is 5.78. The van der Waals surface area contributed by atoms with Crippen molar-refractivity contribution in [3.8, 4) is 0 Å². The first-order valence-corrected chi connectivity index (χ1v) is 1.31. The molecule has 0 aromatic rings. The van der Waals surface area contributed by atoms with Crippen LogP contribution in [0.15, 0.2) is 12.5 Å². The normalized spacial score (nSPS) is 14.7. The summed E-state index contributed by atoms with van der Waals surface area (Å²) in [6, 6.07) is 0. The van der Waals surface area contributed by atoms with E-state index >= 15 is 0 Å². The van der Waals surface area contributed by atoms with Crippen LogP contribution in [0.1, 0.15) is 0 Å². The van der Waals surface area contributed by atoms with E-state index in [1.165, 1.54) is 6.26 Å². The van der Waals surface area contributed by atoms with Gasteiger partial charge in [-0.1, -0.05) is 5.59 Å². The monoisotopic (exact) mass is 152 g/mol. The summed E-state index contributed by atoms with van der Waals surface area (Å²) in [5.74, 6) is 0. The van der Waals surface area contributed by atoms with E-state index in [1.807, 2.05) is 0 Å². The zero-order valence-electron chi connectivity index (χ0n) is 2.97. The maximum atomic E-state index is 4.40. The molecule has 1 rings (SSSR count). The van der Waals surface area contributed by atoms with Gasteiger partial charge in [0, 0.05) is 0 Å². The largest absolute Gasteiger partial charge is 0.395 e. The minimum Gasteiger partial charge on any atom is -0.395 e. The zero-order valence-corrected chi connectivity index (χ0v) is 4.68. The summed E-state index contributed by atoms with van der Waals surface area (Å²) in [6.07, 6.45) is 3.17. The fourth-order valence-electron chi connectivity index (χ4n) is 0.170. The summed E-state index contributed by atoms with van der Waals surface area (Å²) < 4.78 is 0. The molecule has 4 heteroatoms. The number of hydrazine groups is 1. The van der Waals surface area contributed by atoms with Crippen molar-refractivity contribution in [3.05, 3.63) is 12.5 Å². The van der Waals surface area contributed by atoms with Gasteiger partial charge in [0.1, 0.15) is 6.26 Å². The molecule has 0 aliphatic carbocycles. The molecular formula is C2H5BrN2O. The highest BCUT2D eigenvalue weighted by atomic mass is 79.9. The number of hydrogen-bond acceptors (Lipinski definition) is 3. The SMILES string of the molecule is Br.C1=CONN1. The van der Waals surface area contributed by atoms with Crippen LogP contribution in [0.4, 0.5) is 0 Å². The van der Waals surface area contributed by atoms with Gasteiger partial charge < -0.3 is 4.84 Å². The molecule has 3 nitrogen and oxygen atoms in total. The molecule has 0 aromatic carbocycles. The number of hydrogen-bond donors (Lipinski definition) is 2. The van der Waals surface area contributed by atoms with Gasteiger partial charge in [-0.25, -0.2) is 0 Å². The summed E-state index contributed by atoms with van der Waals surface area (Å²) in [6.45, 7) is 0. The molecule has 36 valence electrons. The Morgan fingerprint density at radius 1 is 1.50 bits per heavy atom. The Bertz CT molecular complexity index is 49.5. The van der Waals surface area contributed by atoms with Gasteiger partial charge >= 0.3 is 0 Å². The predicted molar refractivity (Wildman–Crippen MR) is 26.8 cm³/mol. The molecule has 1 aliphatic heterocycles. The van der Waals surface area contributed by atoms with Crippen molar-refractivity contribution < 1.29 is 4.84 Å². The Labute approximate surface area is 46.1 Å². The lowest BCUT2D eigenvalue weighted by Gasteiger charge is -1.85. The molecule has 1 aliphatic rings. The molecular weight excluding hydrogens is 148 g/mol. The van der Waals surface area contributed by atoms with Crippen LogP contribution < -0.4 is 11.0 Å². The number of nitrogens with one attached hydrogen (secondary N) is 2. The quantitative estimate of drug-likeness (QED) is 0.516. The maximum Gasteiger partial charge on any atom is 0.130 e. The van der Waals surface area contributed by atoms with Crippen molar-refractivity contribution >= 4 is 17.0 Å². The molecule has 2 N–H and O–H groups in total. The second kappa shape index (κ2) is 2.99. The highest BCUT2D eigenvalue weighted by molar-refractivity contribution is 8.93. The van der Waals surface area contributed by atoms with Crippen molar-refractivity contribution in [2.45, 2.75) is 0 Å². The maximum absolute atomic E-state index is 4.40. The zero-order chi connectivity index (χ0) is 3.54. The van der Waals surface area contributed by atoms with Crippen molar-refractivity contribution in [1.29, 1.82) is 0 Å². The average molecular weight is 153 g/mol. The van der Waals surface area contributed by atoms with Gasteiger partial charge in [-0.05, 0) is 0 Å². The van der Waals surface area contributed by atoms with E-state index in [1.54, 1.807) is 6.20 Å². The van der Waals surface area contributed by atoms with E-state index in [4.69, 9.17) is 0 Å². The van der Waals surface area contributed by atoms with Gasteiger partial charge in [0.2, 0.25) is 0 Å². The van der Waals surface area contributed by atoms with Gasteiger partial charge in [0.25, 0.3) is 0 Å². The van der Waals surface area contributed by atoms with Crippen LogP contribution in [0.3, 0.4) is 0 Å². The first-order chi connectivity index (χ1) is 2.50. The summed E-state index contributed by atoms with van der Waals surface area (Å²) in [5.41, 5.74) is 4.93. The van der Waals surface area contributed by atoms with E-state index in [2.05, 4.69) is 15.9 Å². The van der Waals surface area contributed by atoms with Gasteiger partial charge in [0.15, 0.2) is 0 Å². The highest BCUT2D eigenvalue weighted by Crippen LogP contribution is 1.70. The van der Waals surface area contributed by atoms with Gasteiger partial charge in [-0.2, -0.15) is 0 Å². The van der Waals surface area contributed by atoms with Crippen LogP contribution in [0.2, 0.25) is 0 Å². The summed E-state index contributed by atoms with van der Waals surface area (Å²) >= 11 is 0. The Hall–Kier alpha value is -0.220. The van der Waals surface area contributed by atoms with Crippen molar-refractivity contribution in [1.82, 2.24) is 11.0 Å². The fraction of sp³-hybridized carbons (Fsp3) is 0. The molecule has 0 unspecified atom stereocenters. The molecule has 0 radical (unpaired) electrons. The van der Waals surface area contributed by atoms with Gasteiger partial charge in [0.05, 0.1) is 6.20 Å². The van der Waals surface area contributed by atoms with Crippen LogP contribution in [0, 0.1) is 0 Å². The van der Waals surface area contributed by atoms with Crippen molar-refractivity contribution in [2.24, 2.45) is 0 Å². The average Bonchev–Trinajstić information content (AvgIpc) is 1.76. The molecule has 0 aromatic heterocycles. The summed E-state index contributed by atoms with van der Waals surface area (Å²) in [4.78, 5) is 4.40. The molecule has 0 atom stereocenters.